The molecule has 5 aromatic rings. The lowest BCUT2D eigenvalue weighted by atomic mass is 10.0. The van der Waals surface area contributed by atoms with Gasteiger partial charge in [-0.05, 0) is 31.2 Å². The number of nitrogens with one attached hydrogen (secondary N) is 1. The van der Waals surface area contributed by atoms with Crippen molar-refractivity contribution in [2.75, 3.05) is 31.1 Å². The average Bonchev–Trinajstić information content (AvgIpc) is 3.51. The summed E-state index contributed by atoms with van der Waals surface area (Å²) in [6, 6.07) is 8.26. The van der Waals surface area contributed by atoms with Crippen molar-refractivity contribution < 1.29 is 5.11 Å². The van der Waals surface area contributed by atoms with E-state index in [0.717, 1.165) is 64.1 Å². The van der Waals surface area contributed by atoms with E-state index < -0.39 is 0 Å². The molecule has 1 saturated heterocycles. The van der Waals surface area contributed by atoms with Crippen molar-refractivity contribution in [3.05, 3.63) is 47.7 Å². The van der Waals surface area contributed by atoms with E-state index in [0.29, 0.717) is 11.4 Å². The molecule has 0 atom stereocenters. The third-order valence-electron chi connectivity index (χ3n) is 6.19. The van der Waals surface area contributed by atoms with Gasteiger partial charge in [-0.3, -0.25) is 9.67 Å². The molecule has 9 heteroatoms. The molecule has 0 saturated carbocycles. The lowest BCUT2D eigenvalue weighted by Gasteiger charge is -2.29. The molecule has 0 bridgehead atoms. The van der Waals surface area contributed by atoms with Gasteiger partial charge in [0.1, 0.15) is 5.75 Å². The third-order valence-corrected chi connectivity index (χ3v) is 6.97. The van der Waals surface area contributed by atoms with Crippen molar-refractivity contribution in [1.82, 2.24) is 30.0 Å². The van der Waals surface area contributed by atoms with Crippen LogP contribution in [-0.2, 0) is 7.05 Å². The fourth-order valence-electron chi connectivity index (χ4n) is 4.49. The molecule has 0 unspecified atom stereocenters. The Hall–Kier alpha value is -3.56. The van der Waals surface area contributed by atoms with Gasteiger partial charge in [0.25, 0.3) is 0 Å². The van der Waals surface area contributed by atoms with Crippen LogP contribution < -0.4 is 10.2 Å². The Morgan fingerprint density at radius 2 is 1.97 bits per heavy atom. The quantitative estimate of drug-likeness (QED) is 0.426. The molecule has 4 heterocycles. The molecule has 0 radical (unpaired) electrons. The number of aromatic hydroxyl groups is 1. The predicted octanol–water partition coefficient (Wildman–Crippen LogP) is 3.73. The number of phenols is 1. The number of hydrogen-bond acceptors (Lipinski definition) is 8. The SMILES string of the molecule is Cc1c(O)c(-c2nc(-c3cncs3)c3cc(N4CCNCC4)ccc3n2)cc2cn(C)nc12. The highest BCUT2D eigenvalue weighted by Crippen LogP contribution is 2.38. The largest absolute Gasteiger partial charge is 0.507 e. The minimum Gasteiger partial charge on any atom is -0.507 e. The van der Waals surface area contributed by atoms with E-state index in [4.69, 9.17) is 9.97 Å². The summed E-state index contributed by atoms with van der Waals surface area (Å²) in [5.74, 6) is 0.653. The van der Waals surface area contributed by atoms with Gasteiger partial charge >= 0.3 is 0 Å². The Labute approximate surface area is 194 Å². The van der Waals surface area contributed by atoms with Crippen molar-refractivity contribution in [1.29, 1.82) is 0 Å². The molecule has 8 nitrogen and oxygen atoms in total. The van der Waals surface area contributed by atoms with E-state index >= 15 is 0 Å². The smallest absolute Gasteiger partial charge is 0.164 e. The van der Waals surface area contributed by atoms with Gasteiger partial charge in [0.2, 0.25) is 0 Å². The summed E-state index contributed by atoms with van der Waals surface area (Å²) in [4.78, 5) is 17.5. The van der Waals surface area contributed by atoms with Gasteiger partial charge in [0.05, 0.1) is 32.7 Å². The van der Waals surface area contributed by atoms with Gasteiger partial charge in [0.15, 0.2) is 5.82 Å². The molecule has 1 aliphatic heterocycles. The van der Waals surface area contributed by atoms with E-state index in [9.17, 15) is 5.11 Å². The highest BCUT2D eigenvalue weighted by molar-refractivity contribution is 7.13. The first kappa shape index (κ1) is 20.1. The Morgan fingerprint density at radius 3 is 2.76 bits per heavy atom. The van der Waals surface area contributed by atoms with Crippen molar-refractivity contribution in [3.8, 4) is 27.7 Å². The minimum atomic E-state index is 0.160. The van der Waals surface area contributed by atoms with Crippen molar-refractivity contribution in [3.63, 3.8) is 0 Å². The first-order valence-corrected chi connectivity index (χ1v) is 11.8. The van der Waals surface area contributed by atoms with Crippen LogP contribution in [0.3, 0.4) is 0 Å². The number of hydrogen-bond donors (Lipinski definition) is 2. The van der Waals surface area contributed by atoms with Crippen LogP contribution in [0.1, 0.15) is 5.56 Å². The molecule has 6 rings (SSSR count). The van der Waals surface area contributed by atoms with E-state index in [1.165, 1.54) is 5.69 Å². The molecule has 1 fully saturated rings. The van der Waals surface area contributed by atoms with Crippen LogP contribution in [-0.4, -0.2) is 56.0 Å². The maximum Gasteiger partial charge on any atom is 0.164 e. The maximum atomic E-state index is 11.0. The summed E-state index contributed by atoms with van der Waals surface area (Å²) >= 11 is 1.55. The van der Waals surface area contributed by atoms with Gasteiger partial charge in [-0.1, -0.05) is 0 Å². The number of aromatic nitrogens is 5. The van der Waals surface area contributed by atoms with E-state index in [1.54, 1.807) is 16.0 Å². The number of rotatable bonds is 3. The van der Waals surface area contributed by atoms with Gasteiger partial charge in [-0.25, -0.2) is 9.97 Å². The molecule has 0 spiro atoms. The van der Waals surface area contributed by atoms with Crippen LogP contribution >= 0.6 is 11.3 Å². The van der Waals surface area contributed by atoms with Gasteiger partial charge in [0, 0.05) is 67.6 Å². The molecule has 2 aromatic carbocycles. The zero-order valence-corrected chi connectivity index (χ0v) is 19.2. The zero-order chi connectivity index (χ0) is 22.5. The molecule has 33 heavy (non-hydrogen) atoms. The highest BCUT2D eigenvalue weighted by Gasteiger charge is 2.20. The van der Waals surface area contributed by atoms with Crippen molar-refractivity contribution in [2.45, 2.75) is 6.92 Å². The summed E-state index contributed by atoms with van der Waals surface area (Å²) in [6.07, 6.45) is 3.78. The standard InChI is InChI=1S/C24H23N7OS/c1-14-21-15(12-30(2)29-21)9-18(23(14)32)24-27-19-4-3-16(31-7-5-25-6-8-31)10-17(19)22(28-24)20-11-26-13-33-20/h3-4,9-13,25,32H,5-8H2,1-2H3. The molecular formula is C24H23N7OS. The van der Waals surface area contributed by atoms with Crippen LogP contribution in [0.25, 0.3) is 43.8 Å². The maximum absolute atomic E-state index is 11.0. The van der Waals surface area contributed by atoms with E-state index in [-0.39, 0.29) is 5.75 Å². The first-order chi connectivity index (χ1) is 16.1. The van der Waals surface area contributed by atoms with Gasteiger partial charge in [-0.15, -0.1) is 11.3 Å². The number of phenolic OH excluding ortho intramolecular Hbond substituents is 1. The average molecular weight is 458 g/mol. The second-order valence-corrected chi connectivity index (χ2v) is 9.22. The van der Waals surface area contributed by atoms with Crippen molar-refractivity contribution >= 4 is 38.8 Å². The number of nitrogens with zero attached hydrogens (tertiary/aromatic N) is 6. The number of aryl methyl sites for hydroxylation is 2. The van der Waals surface area contributed by atoms with Gasteiger partial charge < -0.3 is 15.3 Å². The molecular weight excluding hydrogens is 434 g/mol. The van der Waals surface area contributed by atoms with Crippen LogP contribution in [0.2, 0.25) is 0 Å². The van der Waals surface area contributed by atoms with Crippen LogP contribution in [0.15, 0.2) is 42.2 Å². The monoisotopic (exact) mass is 457 g/mol. The Kier molecular flexibility index (Phi) is 4.74. The predicted molar refractivity (Wildman–Crippen MR) is 132 cm³/mol. The number of benzene rings is 2. The van der Waals surface area contributed by atoms with E-state index in [2.05, 4.69) is 38.5 Å². The lowest BCUT2D eigenvalue weighted by molar-refractivity contribution is 0.473. The van der Waals surface area contributed by atoms with Gasteiger partial charge in [-0.2, -0.15) is 5.10 Å². The summed E-state index contributed by atoms with van der Waals surface area (Å²) in [5, 5.41) is 20.8. The fourth-order valence-corrected chi connectivity index (χ4v) is 5.11. The zero-order valence-electron chi connectivity index (χ0n) is 18.4. The second kappa shape index (κ2) is 7.79. The summed E-state index contributed by atoms with van der Waals surface area (Å²) in [6.45, 7) is 5.77. The molecule has 166 valence electrons. The molecule has 2 N–H and O–H groups in total. The molecule has 0 aliphatic carbocycles. The molecule has 0 amide bonds. The Bertz CT molecular complexity index is 1490. The lowest BCUT2D eigenvalue weighted by Crippen LogP contribution is -2.43. The van der Waals surface area contributed by atoms with Crippen LogP contribution in [0.4, 0.5) is 5.69 Å². The van der Waals surface area contributed by atoms with E-state index in [1.807, 2.05) is 37.9 Å². The highest BCUT2D eigenvalue weighted by atomic mass is 32.1. The van der Waals surface area contributed by atoms with Crippen LogP contribution in [0.5, 0.6) is 5.75 Å². The normalized spacial score (nSPS) is 14.4. The number of piperazine rings is 1. The Morgan fingerprint density at radius 1 is 1.12 bits per heavy atom. The minimum absolute atomic E-state index is 0.160. The number of thiazole rings is 1. The first-order valence-electron chi connectivity index (χ1n) is 10.9. The molecule has 1 aliphatic rings. The number of anilines is 1. The summed E-state index contributed by atoms with van der Waals surface area (Å²) in [7, 11) is 1.88. The molecule has 3 aromatic heterocycles. The summed E-state index contributed by atoms with van der Waals surface area (Å²) in [5.41, 5.74) is 6.76. The Balaban J connectivity index is 1.57. The topological polar surface area (TPSA) is 92.0 Å². The van der Waals surface area contributed by atoms with Crippen molar-refractivity contribution in [2.24, 2.45) is 7.05 Å². The summed E-state index contributed by atoms with van der Waals surface area (Å²) < 4.78 is 1.75. The number of fused-ring (bicyclic) bond motifs is 2. The van der Waals surface area contributed by atoms with Crippen LogP contribution in [0, 0.1) is 6.92 Å². The third kappa shape index (κ3) is 3.40. The fraction of sp³-hybridized carbons (Fsp3) is 0.250. The second-order valence-electron chi connectivity index (χ2n) is 8.34.